The Morgan fingerprint density at radius 3 is 2.39 bits per heavy atom. The molecule has 0 bridgehead atoms. The minimum absolute atomic E-state index is 0.0118. The number of ether oxygens (including phenoxy) is 1. The summed E-state index contributed by atoms with van der Waals surface area (Å²) in [5.41, 5.74) is 4.08. The number of carboxylic acid groups (broad SMARTS) is 1. The first-order valence-corrected chi connectivity index (χ1v) is 14.5. The number of amides is 2. The van der Waals surface area contributed by atoms with Gasteiger partial charge in [0.15, 0.2) is 5.96 Å². The predicted molar refractivity (Wildman–Crippen MR) is 158 cm³/mol. The first kappa shape index (κ1) is 37.6. The average molecular weight is 657 g/mol. The monoisotopic (exact) mass is 656 g/mol. The van der Waals surface area contributed by atoms with Gasteiger partial charge in [0, 0.05) is 25.4 Å². The van der Waals surface area contributed by atoms with E-state index in [0.717, 1.165) is 31.2 Å². The van der Waals surface area contributed by atoms with Gasteiger partial charge in [-0.25, -0.2) is 9.59 Å². The molecule has 2 amide bonds. The number of guanidine groups is 1. The third-order valence-corrected chi connectivity index (χ3v) is 7.53. The molecule has 1 fully saturated rings. The standard InChI is InChI=1S/C27H38N6O6.C2HF3O2/c1-17(2)39-24(38)27(26(16-35,32-27)10-12-34)18(3)15-33-21-9-8-19(7-5-4-6-11-30-25(28)29)13-20(21)23(37)31-14-22(33)36;3-2(4,5)1(6)7/h8-9,12-13,16-18,32H,4-7,10-11,14-15H2,1-3H3,(H,31,37)(H4,28,29,30);(H,6,7)/t18?,26?,27-;/m0./s1. The van der Waals surface area contributed by atoms with Gasteiger partial charge < -0.3 is 40.7 Å². The summed E-state index contributed by atoms with van der Waals surface area (Å²) >= 11 is 0. The highest BCUT2D eigenvalue weighted by molar-refractivity contribution is 6.10. The van der Waals surface area contributed by atoms with Crippen LogP contribution in [0.25, 0.3) is 0 Å². The summed E-state index contributed by atoms with van der Waals surface area (Å²) in [6, 6.07) is 5.38. The van der Waals surface area contributed by atoms with Crippen LogP contribution in [-0.4, -0.2) is 90.4 Å². The van der Waals surface area contributed by atoms with Crippen LogP contribution in [0.5, 0.6) is 0 Å². The van der Waals surface area contributed by atoms with Gasteiger partial charge in [-0.05, 0) is 50.8 Å². The van der Waals surface area contributed by atoms with Crippen molar-refractivity contribution in [2.45, 2.75) is 76.2 Å². The van der Waals surface area contributed by atoms with Gasteiger partial charge >= 0.3 is 18.1 Å². The van der Waals surface area contributed by atoms with Crippen LogP contribution in [0.1, 0.15) is 62.4 Å². The number of nitrogens with one attached hydrogen (secondary N) is 4. The zero-order chi connectivity index (χ0) is 34.9. The quantitative estimate of drug-likeness (QED) is 0.0414. The highest BCUT2D eigenvalue weighted by atomic mass is 19.4. The Morgan fingerprint density at radius 2 is 1.85 bits per heavy atom. The molecular formula is C29H39F3N6O8. The number of aliphatic carboxylic acids is 1. The van der Waals surface area contributed by atoms with Gasteiger partial charge in [-0.15, -0.1) is 0 Å². The number of esters is 1. The Morgan fingerprint density at radius 1 is 1.20 bits per heavy atom. The molecule has 17 heteroatoms. The molecule has 0 saturated carbocycles. The molecule has 2 aliphatic rings. The van der Waals surface area contributed by atoms with E-state index in [1.807, 2.05) is 6.07 Å². The second kappa shape index (κ2) is 15.6. The number of rotatable bonds is 14. The number of benzene rings is 1. The molecule has 1 aromatic carbocycles. The van der Waals surface area contributed by atoms with Crippen molar-refractivity contribution in [3.05, 3.63) is 29.3 Å². The number of unbranched alkanes of at least 4 members (excludes halogenated alkanes) is 2. The number of anilines is 1. The van der Waals surface area contributed by atoms with Crippen molar-refractivity contribution in [2.24, 2.45) is 11.7 Å². The minimum atomic E-state index is -5.08. The highest BCUT2D eigenvalue weighted by Crippen LogP contribution is 2.47. The van der Waals surface area contributed by atoms with Crippen LogP contribution >= 0.6 is 0 Å². The molecule has 2 aliphatic heterocycles. The molecule has 1 saturated heterocycles. The number of carbonyl (C=O) groups is 6. The number of alkyl halides is 3. The molecule has 3 atom stereocenters. The zero-order valence-corrected chi connectivity index (χ0v) is 25.7. The van der Waals surface area contributed by atoms with Crippen molar-refractivity contribution in [1.29, 1.82) is 5.41 Å². The number of fused-ring (bicyclic) bond motifs is 1. The Labute approximate surface area is 263 Å². The lowest BCUT2D eigenvalue weighted by atomic mass is 9.81. The summed E-state index contributed by atoms with van der Waals surface area (Å²) in [7, 11) is 0. The maximum atomic E-state index is 13.2. The fourth-order valence-corrected chi connectivity index (χ4v) is 5.24. The van der Waals surface area contributed by atoms with Crippen LogP contribution in [-0.2, 0) is 35.1 Å². The number of aryl methyl sites for hydroxylation is 1. The van der Waals surface area contributed by atoms with E-state index in [1.165, 1.54) is 4.90 Å². The van der Waals surface area contributed by atoms with Crippen molar-refractivity contribution >= 4 is 48.0 Å². The fourth-order valence-electron chi connectivity index (χ4n) is 5.24. The van der Waals surface area contributed by atoms with E-state index in [-0.39, 0.29) is 37.3 Å². The number of carbonyl (C=O) groups excluding carboxylic acids is 5. The molecule has 0 aliphatic carbocycles. The maximum absolute atomic E-state index is 13.2. The Kier molecular flexibility index (Phi) is 12.8. The summed E-state index contributed by atoms with van der Waals surface area (Å²) in [6.45, 7) is 5.51. The van der Waals surface area contributed by atoms with Crippen molar-refractivity contribution in [3.63, 3.8) is 0 Å². The minimum Gasteiger partial charge on any atom is -0.475 e. The first-order chi connectivity index (χ1) is 21.5. The number of hydrogen-bond acceptors (Lipinski definition) is 9. The van der Waals surface area contributed by atoms with Crippen LogP contribution < -0.4 is 26.6 Å². The van der Waals surface area contributed by atoms with E-state index >= 15 is 0 Å². The second-order valence-corrected chi connectivity index (χ2v) is 11.2. The third-order valence-electron chi connectivity index (χ3n) is 7.53. The molecule has 3 rings (SSSR count). The lowest BCUT2D eigenvalue weighted by Crippen LogP contribution is -2.49. The molecule has 46 heavy (non-hydrogen) atoms. The van der Waals surface area contributed by atoms with Crippen LogP contribution in [0, 0.1) is 11.3 Å². The van der Waals surface area contributed by atoms with Crippen molar-refractivity contribution in [2.75, 3.05) is 24.5 Å². The van der Waals surface area contributed by atoms with Gasteiger partial charge in [0.05, 0.1) is 23.9 Å². The van der Waals surface area contributed by atoms with Gasteiger partial charge in [0.1, 0.15) is 23.7 Å². The number of hydrogen-bond donors (Lipinski definition) is 6. The summed E-state index contributed by atoms with van der Waals surface area (Å²) in [4.78, 5) is 73.0. The smallest absolute Gasteiger partial charge is 0.475 e. The third kappa shape index (κ3) is 9.02. The largest absolute Gasteiger partial charge is 0.490 e. The van der Waals surface area contributed by atoms with E-state index in [1.54, 1.807) is 32.9 Å². The van der Waals surface area contributed by atoms with E-state index in [9.17, 15) is 37.1 Å². The van der Waals surface area contributed by atoms with E-state index in [0.29, 0.717) is 30.4 Å². The molecule has 0 radical (unpaired) electrons. The Bertz CT molecular complexity index is 1340. The zero-order valence-electron chi connectivity index (χ0n) is 25.7. The van der Waals surface area contributed by atoms with Gasteiger partial charge in [-0.3, -0.25) is 20.3 Å². The lowest BCUT2D eigenvalue weighted by molar-refractivity contribution is -0.192. The van der Waals surface area contributed by atoms with Crippen molar-refractivity contribution < 1.29 is 51.8 Å². The summed E-state index contributed by atoms with van der Waals surface area (Å²) < 4.78 is 37.2. The van der Waals surface area contributed by atoms with Gasteiger partial charge in [0.25, 0.3) is 5.91 Å². The molecule has 1 aromatic rings. The molecular weight excluding hydrogens is 617 g/mol. The lowest BCUT2D eigenvalue weighted by Gasteiger charge is -2.30. The van der Waals surface area contributed by atoms with E-state index in [2.05, 4.69) is 16.0 Å². The molecule has 0 aromatic heterocycles. The summed E-state index contributed by atoms with van der Waals surface area (Å²) in [6.07, 6.45) is -1.25. The topological polar surface area (TPSA) is 231 Å². The molecule has 2 unspecified atom stereocenters. The predicted octanol–water partition coefficient (Wildman–Crippen LogP) is 1.05. The second-order valence-electron chi connectivity index (χ2n) is 11.2. The number of halogens is 3. The Balaban J connectivity index is 0.000000942. The Hall–Kier alpha value is -4.54. The van der Waals surface area contributed by atoms with Crippen molar-refractivity contribution in [1.82, 2.24) is 16.0 Å². The molecule has 0 spiro atoms. The van der Waals surface area contributed by atoms with Crippen molar-refractivity contribution in [3.8, 4) is 0 Å². The van der Waals surface area contributed by atoms with Crippen LogP contribution in [0.4, 0.5) is 18.9 Å². The molecule has 254 valence electrons. The van der Waals surface area contributed by atoms with Crippen LogP contribution in [0.2, 0.25) is 0 Å². The van der Waals surface area contributed by atoms with E-state index in [4.69, 9.17) is 25.8 Å². The maximum Gasteiger partial charge on any atom is 0.490 e. The van der Waals surface area contributed by atoms with Crippen LogP contribution in [0.3, 0.4) is 0 Å². The first-order valence-electron chi connectivity index (χ1n) is 14.5. The normalized spacial score (nSPS) is 21.1. The number of aldehydes is 2. The SMILES string of the molecule is CC(C)OC(=O)[C@]1(C(C)CN2C(=O)CNC(=O)c3cc(CCCCCNC(=N)N)ccc32)NC1(C=O)CC=O.O=C(O)C(F)(F)F. The van der Waals surface area contributed by atoms with Gasteiger partial charge in [-0.1, -0.05) is 19.4 Å². The number of nitrogens with zero attached hydrogens (tertiary/aromatic N) is 1. The van der Waals surface area contributed by atoms with Gasteiger partial charge in [-0.2, -0.15) is 13.2 Å². The molecule has 7 N–H and O–H groups in total. The average Bonchev–Trinajstić information content (AvgIpc) is 3.67. The highest BCUT2D eigenvalue weighted by Gasteiger charge is 2.75. The molecule has 14 nitrogen and oxygen atoms in total. The molecule has 2 heterocycles. The summed E-state index contributed by atoms with van der Waals surface area (Å²) in [5.74, 6) is -4.84. The number of carboxylic acids is 1. The van der Waals surface area contributed by atoms with Crippen LogP contribution in [0.15, 0.2) is 18.2 Å². The number of nitrogens with two attached hydrogens (primary N) is 1. The summed E-state index contributed by atoms with van der Waals surface area (Å²) in [5, 5.41) is 22.7. The fraction of sp³-hybridized carbons (Fsp3) is 0.552. The van der Waals surface area contributed by atoms with E-state index < -0.39 is 41.2 Å². The van der Waals surface area contributed by atoms with Gasteiger partial charge in [0.2, 0.25) is 5.91 Å².